The lowest BCUT2D eigenvalue weighted by Crippen LogP contribution is -2.33. The smallest absolute Gasteiger partial charge is 0.306 e. The van der Waals surface area contributed by atoms with Crippen LogP contribution in [0.5, 0.6) is 0 Å². The molecule has 1 fully saturated rings. The van der Waals surface area contributed by atoms with Crippen molar-refractivity contribution in [3.05, 3.63) is 57.8 Å². The number of carbonyl (C=O) groups is 3. The summed E-state index contributed by atoms with van der Waals surface area (Å²) in [6.07, 6.45) is 1.77. The van der Waals surface area contributed by atoms with Gasteiger partial charge >= 0.3 is 5.97 Å². The van der Waals surface area contributed by atoms with Crippen LogP contribution in [0.4, 0.5) is 0 Å². The molecule has 0 unspecified atom stereocenters. The van der Waals surface area contributed by atoms with E-state index in [0.717, 1.165) is 5.56 Å². The van der Waals surface area contributed by atoms with Crippen LogP contribution in [0.2, 0.25) is 0 Å². The van der Waals surface area contributed by atoms with Gasteiger partial charge in [-0.2, -0.15) is 0 Å². The minimum Gasteiger partial charge on any atom is -0.481 e. The normalized spacial score (nSPS) is 19.1. The summed E-state index contributed by atoms with van der Waals surface area (Å²) >= 11 is 1.39. The van der Waals surface area contributed by atoms with Crippen molar-refractivity contribution in [3.63, 3.8) is 0 Å². The Bertz CT molecular complexity index is 786. The fourth-order valence-electron chi connectivity index (χ4n) is 3.06. The largest absolute Gasteiger partial charge is 0.481 e. The first-order chi connectivity index (χ1) is 12.5. The van der Waals surface area contributed by atoms with E-state index in [0.29, 0.717) is 36.2 Å². The number of amides is 2. The van der Waals surface area contributed by atoms with Gasteiger partial charge in [-0.15, -0.1) is 11.3 Å². The van der Waals surface area contributed by atoms with Crippen LogP contribution >= 0.6 is 11.3 Å². The van der Waals surface area contributed by atoms with Gasteiger partial charge in [0, 0.05) is 18.2 Å². The van der Waals surface area contributed by atoms with Crippen molar-refractivity contribution in [2.45, 2.75) is 31.8 Å². The average Bonchev–Trinajstić information content (AvgIpc) is 3.32. The van der Waals surface area contributed by atoms with Gasteiger partial charge < -0.3 is 15.7 Å². The molecule has 0 aliphatic heterocycles. The van der Waals surface area contributed by atoms with Gasteiger partial charge in [0.2, 0.25) is 0 Å². The van der Waals surface area contributed by atoms with Gasteiger partial charge in [-0.3, -0.25) is 14.4 Å². The van der Waals surface area contributed by atoms with Crippen LogP contribution in [0.15, 0.2) is 41.8 Å². The minimum atomic E-state index is -0.796. The summed E-state index contributed by atoms with van der Waals surface area (Å²) in [7, 11) is 0. The molecule has 0 spiro atoms. The summed E-state index contributed by atoms with van der Waals surface area (Å²) in [5.74, 6) is -1.48. The lowest BCUT2D eigenvalue weighted by Gasteiger charge is -2.13. The molecular formula is C19H20N2O4S. The molecule has 3 rings (SSSR count). The molecule has 2 atom stereocenters. The number of hydrogen-bond acceptors (Lipinski definition) is 4. The predicted molar refractivity (Wildman–Crippen MR) is 98.2 cm³/mol. The Morgan fingerprint density at radius 2 is 1.85 bits per heavy atom. The standard InChI is InChI=1S/C19H20N2O4S/c22-17(21-15-8-7-14(10-15)19(24)25)13-5-3-12(4-6-13)11-20-18(23)16-2-1-9-26-16/h1-6,9,14-15H,7-8,10-11H2,(H,20,23)(H,21,22)(H,24,25)/t14-,15+/m1/s1. The van der Waals surface area contributed by atoms with Crippen LogP contribution in [-0.4, -0.2) is 28.9 Å². The third kappa shape index (κ3) is 4.49. The fourth-order valence-corrected chi connectivity index (χ4v) is 3.70. The molecule has 1 aromatic heterocycles. The lowest BCUT2D eigenvalue weighted by molar-refractivity contribution is -0.141. The highest BCUT2D eigenvalue weighted by Gasteiger charge is 2.30. The molecule has 2 amide bonds. The topological polar surface area (TPSA) is 95.5 Å². The van der Waals surface area contributed by atoms with Gasteiger partial charge in [-0.25, -0.2) is 0 Å². The van der Waals surface area contributed by atoms with Gasteiger partial charge in [0.05, 0.1) is 10.8 Å². The number of nitrogens with one attached hydrogen (secondary N) is 2. The molecule has 1 heterocycles. The second-order valence-electron chi connectivity index (χ2n) is 6.38. The first-order valence-electron chi connectivity index (χ1n) is 8.47. The van der Waals surface area contributed by atoms with Crippen LogP contribution in [0.1, 0.15) is 44.9 Å². The molecule has 0 radical (unpaired) electrons. The van der Waals surface area contributed by atoms with Crippen LogP contribution in [-0.2, 0) is 11.3 Å². The van der Waals surface area contributed by atoms with E-state index in [2.05, 4.69) is 10.6 Å². The number of carboxylic acid groups (broad SMARTS) is 1. The van der Waals surface area contributed by atoms with E-state index in [4.69, 9.17) is 5.11 Å². The molecule has 1 aliphatic carbocycles. The second-order valence-corrected chi connectivity index (χ2v) is 7.32. The predicted octanol–water partition coefficient (Wildman–Crippen LogP) is 2.66. The Balaban J connectivity index is 1.50. The van der Waals surface area contributed by atoms with Gasteiger partial charge in [-0.1, -0.05) is 18.2 Å². The maximum absolute atomic E-state index is 12.3. The maximum atomic E-state index is 12.3. The summed E-state index contributed by atoms with van der Waals surface area (Å²) in [4.78, 5) is 35.8. The Labute approximate surface area is 155 Å². The molecule has 1 saturated carbocycles. The number of thiophene rings is 1. The lowest BCUT2D eigenvalue weighted by atomic mass is 10.1. The average molecular weight is 372 g/mol. The molecule has 0 bridgehead atoms. The number of carbonyl (C=O) groups excluding carboxylic acids is 2. The van der Waals surface area contributed by atoms with Crippen LogP contribution in [0.25, 0.3) is 0 Å². The second kappa shape index (κ2) is 8.14. The van der Waals surface area contributed by atoms with Crippen molar-refractivity contribution in [2.24, 2.45) is 5.92 Å². The number of hydrogen-bond donors (Lipinski definition) is 3. The van der Waals surface area contributed by atoms with Crippen molar-refractivity contribution in [1.29, 1.82) is 0 Å². The molecule has 0 saturated heterocycles. The third-order valence-electron chi connectivity index (χ3n) is 4.53. The highest BCUT2D eigenvalue weighted by Crippen LogP contribution is 2.25. The van der Waals surface area contributed by atoms with E-state index in [9.17, 15) is 14.4 Å². The molecule has 6 nitrogen and oxygen atoms in total. The van der Waals surface area contributed by atoms with E-state index in [-0.39, 0.29) is 23.8 Å². The summed E-state index contributed by atoms with van der Waals surface area (Å²) in [5.41, 5.74) is 1.43. The van der Waals surface area contributed by atoms with E-state index in [1.807, 2.05) is 11.4 Å². The van der Waals surface area contributed by atoms with Crippen molar-refractivity contribution in [2.75, 3.05) is 0 Å². The van der Waals surface area contributed by atoms with E-state index in [1.54, 1.807) is 30.3 Å². The summed E-state index contributed by atoms with van der Waals surface area (Å²) in [5, 5.41) is 16.6. The highest BCUT2D eigenvalue weighted by molar-refractivity contribution is 7.12. The van der Waals surface area contributed by atoms with Crippen molar-refractivity contribution < 1.29 is 19.5 Å². The summed E-state index contributed by atoms with van der Waals surface area (Å²) < 4.78 is 0. The van der Waals surface area contributed by atoms with Crippen molar-refractivity contribution >= 4 is 29.1 Å². The summed E-state index contributed by atoms with van der Waals surface area (Å²) in [6.45, 7) is 0.390. The number of benzene rings is 1. The summed E-state index contributed by atoms with van der Waals surface area (Å²) in [6, 6.07) is 10.5. The molecule has 3 N–H and O–H groups in total. The van der Waals surface area contributed by atoms with Crippen LogP contribution in [0.3, 0.4) is 0 Å². The number of carboxylic acids is 1. The van der Waals surface area contributed by atoms with Gasteiger partial charge in [0.1, 0.15) is 0 Å². The molecule has 1 aromatic carbocycles. The Hall–Kier alpha value is -2.67. The quantitative estimate of drug-likeness (QED) is 0.726. The first-order valence-corrected chi connectivity index (χ1v) is 9.35. The van der Waals surface area contributed by atoms with Crippen LogP contribution < -0.4 is 10.6 Å². The molecular weight excluding hydrogens is 352 g/mol. The number of rotatable bonds is 6. The Morgan fingerprint density at radius 1 is 1.08 bits per heavy atom. The number of aliphatic carboxylic acids is 1. The van der Waals surface area contributed by atoms with E-state index < -0.39 is 5.97 Å². The fraction of sp³-hybridized carbons (Fsp3) is 0.316. The SMILES string of the molecule is O=C(N[C@H]1CC[C@@H](C(=O)O)C1)c1ccc(CNC(=O)c2cccs2)cc1. The zero-order valence-corrected chi connectivity index (χ0v) is 14.9. The Kier molecular flexibility index (Phi) is 5.68. The molecule has 136 valence electrons. The molecule has 2 aromatic rings. The van der Waals surface area contributed by atoms with Crippen LogP contribution in [0, 0.1) is 5.92 Å². The van der Waals surface area contributed by atoms with Gasteiger partial charge in [0.15, 0.2) is 0 Å². The van der Waals surface area contributed by atoms with E-state index in [1.165, 1.54) is 11.3 Å². The zero-order valence-electron chi connectivity index (χ0n) is 14.1. The van der Waals surface area contributed by atoms with Gasteiger partial charge in [-0.05, 0) is 48.4 Å². The monoisotopic (exact) mass is 372 g/mol. The van der Waals surface area contributed by atoms with E-state index >= 15 is 0 Å². The Morgan fingerprint density at radius 3 is 2.46 bits per heavy atom. The first kappa shape index (κ1) is 18.1. The zero-order chi connectivity index (χ0) is 18.5. The van der Waals surface area contributed by atoms with Crippen molar-refractivity contribution in [3.8, 4) is 0 Å². The molecule has 7 heteroatoms. The minimum absolute atomic E-state index is 0.0895. The molecule has 1 aliphatic rings. The van der Waals surface area contributed by atoms with Crippen molar-refractivity contribution in [1.82, 2.24) is 10.6 Å². The maximum Gasteiger partial charge on any atom is 0.306 e. The van der Waals surface area contributed by atoms with Gasteiger partial charge in [0.25, 0.3) is 11.8 Å². The molecule has 26 heavy (non-hydrogen) atoms. The highest BCUT2D eigenvalue weighted by atomic mass is 32.1. The third-order valence-corrected chi connectivity index (χ3v) is 5.40.